The predicted molar refractivity (Wildman–Crippen MR) is 78.0 cm³/mol. The molecule has 112 valence electrons. The van der Waals surface area contributed by atoms with Crippen molar-refractivity contribution in [3.8, 4) is 5.75 Å². The van der Waals surface area contributed by atoms with Gasteiger partial charge >= 0.3 is 0 Å². The van der Waals surface area contributed by atoms with Crippen LogP contribution in [0.15, 0.2) is 47.5 Å². The van der Waals surface area contributed by atoms with Gasteiger partial charge in [-0.15, -0.1) is 0 Å². The van der Waals surface area contributed by atoms with E-state index in [9.17, 15) is 13.6 Å². The molecule has 0 radical (unpaired) electrons. The molecule has 1 heterocycles. The van der Waals surface area contributed by atoms with E-state index in [1.807, 2.05) is 0 Å². The molecule has 3 aromatic rings. The van der Waals surface area contributed by atoms with E-state index in [1.165, 1.54) is 25.6 Å². The average molecular weight is 302 g/mol. The summed E-state index contributed by atoms with van der Waals surface area (Å²) in [4.78, 5) is 15.6. The number of rotatable bonds is 3. The minimum Gasteiger partial charge on any atom is -0.497 e. The van der Waals surface area contributed by atoms with Gasteiger partial charge in [0.25, 0.3) is 5.56 Å². The number of hydrogen-bond acceptors (Lipinski definition) is 3. The van der Waals surface area contributed by atoms with Crippen LogP contribution < -0.4 is 10.3 Å². The van der Waals surface area contributed by atoms with Gasteiger partial charge in [-0.05, 0) is 35.9 Å². The molecule has 0 atom stereocenters. The summed E-state index contributed by atoms with van der Waals surface area (Å²) < 4.78 is 33.3. The Labute approximate surface area is 124 Å². The third-order valence-corrected chi connectivity index (χ3v) is 3.33. The quantitative estimate of drug-likeness (QED) is 0.747. The molecule has 0 bridgehead atoms. The van der Waals surface area contributed by atoms with Crippen molar-refractivity contribution in [1.29, 1.82) is 0 Å². The van der Waals surface area contributed by atoms with Crippen LogP contribution in [-0.2, 0) is 6.54 Å². The second-order valence-electron chi connectivity index (χ2n) is 4.84. The lowest BCUT2D eigenvalue weighted by Gasteiger charge is -2.11. The Balaban J connectivity index is 2.11. The van der Waals surface area contributed by atoms with Gasteiger partial charge in [-0.1, -0.05) is 0 Å². The van der Waals surface area contributed by atoms with Crippen LogP contribution in [0.3, 0.4) is 0 Å². The van der Waals surface area contributed by atoms with Crippen LogP contribution in [0.4, 0.5) is 8.78 Å². The zero-order chi connectivity index (χ0) is 15.7. The van der Waals surface area contributed by atoms with Crippen LogP contribution in [0.1, 0.15) is 5.56 Å². The molecule has 0 N–H and O–H groups in total. The van der Waals surface area contributed by atoms with Crippen LogP contribution in [0, 0.1) is 11.6 Å². The first kappa shape index (κ1) is 14.2. The summed E-state index contributed by atoms with van der Waals surface area (Å²) in [7, 11) is 1.51. The number of halogens is 2. The van der Waals surface area contributed by atoms with Gasteiger partial charge in [-0.2, -0.15) is 4.98 Å². The van der Waals surface area contributed by atoms with Crippen molar-refractivity contribution in [2.75, 3.05) is 7.11 Å². The Bertz CT molecular complexity index is 886. The molecular weight excluding hydrogens is 290 g/mol. The number of aromatic nitrogens is 2. The normalized spacial score (nSPS) is 10.9. The smallest absolute Gasteiger partial charge is 0.280 e. The zero-order valence-corrected chi connectivity index (χ0v) is 11.7. The molecule has 1 aromatic heterocycles. The molecule has 0 fully saturated rings. The third kappa shape index (κ3) is 2.67. The average Bonchev–Trinajstić information content (AvgIpc) is 2.49. The Kier molecular flexibility index (Phi) is 3.58. The molecule has 0 unspecified atom stereocenters. The standard InChI is InChI=1S/C16H12F2N2O2/c1-22-13-2-3-15-14(7-13)16(21)19-9-20(15)8-10-4-11(17)6-12(18)5-10/h2-7,9H,8H2,1H3. The van der Waals surface area contributed by atoms with Crippen molar-refractivity contribution in [2.24, 2.45) is 0 Å². The maximum atomic E-state index is 13.3. The first-order valence-electron chi connectivity index (χ1n) is 6.55. The fraction of sp³-hybridized carbons (Fsp3) is 0.125. The topological polar surface area (TPSA) is 44.1 Å². The van der Waals surface area contributed by atoms with Gasteiger partial charge in [0, 0.05) is 12.6 Å². The lowest BCUT2D eigenvalue weighted by Crippen LogP contribution is -2.13. The van der Waals surface area contributed by atoms with Crippen molar-refractivity contribution in [3.63, 3.8) is 0 Å². The molecule has 0 aliphatic carbocycles. The zero-order valence-electron chi connectivity index (χ0n) is 11.7. The van der Waals surface area contributed by atoms with E-state index >= 15 is 0 Å². The van der Waals surface area contributed by atoms with E-state index in [4.69, 9.17) is 4.74 Å². The largest absolute Gasteiger partial charge is 0.497 e. The Morgan fingerprint density at radius 1 is 1.14 bits per heavy atom. The van der Waals surface area contributed by atoms with E-state index in [-0.39, 0.29) is 12.1 Å². The number of hydrogen-bond donors (Lipinski definition) is 0. The monoisotopic (exact) mass is 302 g/mol. The van der Waals surface area contributed by atoms with E-state index in [0.29, 0.717) is 22.2 Å². The van der Waals surface area contributed by atoms with Crippen LogP contribution in [0.2, 0.25) is 0 Å². The van der Waals surface area contributed by atoms with Gasteiger partial charge < -0.3 is 9.30 Å². The molecule has 0 saturated heterocycles. The van der Waals surface area contributed by atoms with Gasteiger partial charge in [0.2, 0.25) is 0 Å². The molecule has 0 spiro atoms. The Hall–Kier alpha value is -2.76. The number of fused-ring (bicyclic) bond motifs is 1. The number of benzene rings is 2. The highest BCUT2D eigenvalue weighted by atomic mass is 19.1. The summed E-state index contributed by atoms with van der Waals surface area (Å²) in [6, 6.07) is 8.33. The van der Waals surface area contributed by atoms with Gasteiger partial charge in [0.15, 0.2) is 0 Å². The van der Waals surface area contributed by atoms with E-state index in [2.05, 4.69) is 4.98 Å². The number of methoxy groups -OCH3 is 1. The highest BCUT2D eigenvalue weighted by Crippen LogP contribution is 2.19. The van der Waals surface area contributed by atoms with Gasteiger partial charge in [-0.25, -0.2) is 8.78 Å². The van der Waals surface area contributed by atoms with Crippen LogP contribution in [0.25, 0.3) is 10.9 Å². The van der Waals surface area contributed by atoms with E-state index in [1.54, 1.807) is 22.8 Å². The van der Waals surface area contributed by atoms with Crippen LogP contribution in [-0.4, -0.2) is 16.7 Å². The van der Waals surface area contributed by atoms with E-state index < -0.39 is 11.6 Å². The Morgan fingerprint density at radius 3 is 2.55 bits per heavy atom. The van der Waals surface area contributed by atoms with Crippen molar-refractivity contribution >= 4 is 10.9 Å². The summed E-state index contributed by atoms with van der Waals surface area (Å²) in [6.07, 6.45) is 1.36. The van der Waals surface area contributed by atoms with Crippen molar-refractivity contribution < 1.29 is 13.5 Å². The first-order chi connectivity index (χ1) is 10.6. The lowest BCUT2D eigenvalue weighted by molar-refractivity contribution is 0.415. The number of ether oxygens (including phenoxy) is 1. The van der Waals surface area contributed by atoms with Crippen molar-refractivity contribution in [2.45, 2.75) is 6.54 Å². The highest BCUT2D eigenvalue weighted by Gasteiger charge is 2.07. The molecule has 2 aromatic carbocycles. The molecule has 3 rings (SSSR count). The second kappa shape index (κ2) is 5.55. The van der Waals surface area contributed by atoms with Gasteiger partial charge in [-0.3, -0.25) is 4.79 Å². The summed E-state index contributed by atoms with van der Waals surface area (Å²) >= 11 is 0. The predicted octanol–water partition coefficient (Wildman–Crippen LogP) is 2.73. The van der Waals surface area contributed by atoms with Gasteiger partial charge in [0.05, 0.1) is 24.3 Å². The first-order valence-corrected chi connectivity index (χ1v) is 6.55. The minimum atomic E-state index is -0.644. The van der Waals surface area contributed by atoms with Crippen molar-refractivity contribution in [1.82, 2.24) is 9.55 Å². The second-order valence-corrected chi connectivity index (χ2v) is 4.84. The number of nitrogens with zero attached hydrogens (tertiary/aromatic N) is 2. The fourth-order valence-corrected chi connectivity index (χ4v) is 2.34. The Morgan fingerprint density at radius 2 is 1.86 bits per heavy atom. The lowest BCUT2D eigenvalue weighted by atomic mass is 10.2. The van der Waals surface area contributed by atoms with Gasteiger partial charge in [0.1, 0.15) is 17.4 Å². The molecule has 4 nitrogen and oxygen atoms in total. The maximum Gasteiger partial charge on any atom is 0.280 e. The SMILES string of the molecule is COc1ccc2c(c1)c(=O)ncn2Cc1cc(F)cc(F)c1. The summed E-state index contributed by atoms with van der Waals surface area (Å²) in [5, 5.41) is 0.388. The van der Waals surface area contributed by atoms with Crippen LogP contribution in [0.5, 0.6) is 5.75 Å². The molecule has 22 heavy (non-hydrogen) atoms. The summed E-state index contributed by atoms with van der Waals surface area (Å²) in [6.45, 7) is 0.199. The highest BCUT2D eigenvalue weighted by molar-refractivity contribution is 5.79. The molecule has 0 aliphatic heterocycles. The summed E-state index contributed by atoms with van der Waals surface area (Å²) in [5.41, 5.74) is 0.682. The summed E-state index contributed by atoms with van der Waals surface area (Å²) in [5.74, 6) is -0.745. The molecule has 0 amide bonds. The molecule has 6 heteroatoms. The van der Waals surface area contributed by atoms with Crippen molar-refractivity contribution in [3.05, 3.63) is 70.3 Å². The molecule has 0 saturated carbocycles. The fourth-order valence-electron chi connectivity index (χ4n) is 2.34. The third-order valence-electron chi connectivity index (χ3n) is 3.33. The maximum absolute atomic E-state index is 13.3. The minimum absolute atomic E-state index is 0.199. The van der Waals surface area contributed by atoms with E-state index in [0.717, 1.165) is 6.07 Å². The molecule has 0 aliphatic rings. The van der Waals surface area contributed by atoms with Crippen LogP contribution >= 0.6 is 0 Å². The molecular formula is C16H12F2N2O2.